The maximum atomic E-state index is 12.4. The van der Waals surface area contributed by atoms with Crippen molar-refractivity contribution in [2.75, 3.05) is 0 Å². The minimum atomic E-state index is -0.276. The number of nitrogens with zero attached hydrogens (tertiary/aromatic N) is 2. The van der Waals surface area contributed by atoms with Crippen LogP contribution < -0.4 is 10.9 Å². The fourth-order valence-electron chi connectivity index (χ4n) is 3.30. The molecule has 1 aromatic heterocycles. The van der Waals surface area contributed by atoms with Crippen LogP contribution in [-0.4, -0.2) is 21.0 Å². The Morgan fingerprint density at radius 1 is 1.17 bits per heavy atom. The van der Waals surface area contributed by atoms with E-state index in [2.05, 4.69) is 31.1 Å². The summed E-state index contributed by atoms with van der Waals surface area (Å²) >= 11 is 0. The van der Waals surface area contributed by atoms with Crippen LogP contribution in [-0.2, 0) is 11.3 Å². The van der Waals surface area contributed by atoms with Crippen LogP contribution >= 0.6 is 0 Å². The number of fused-ring (bicyclic) bond motifs is 1. The van der Waals surface area contributed by atoms with Crippen molar-refractivity contribution in [3.05, 3.63) is 40.9 Å². The zero-order valence-corrected chi connectivity index (χ0v) is 15.2. The Kier molecular flexibility index (Phi) is 5.11. The average Bonchev–Trinajstić information content (AvgIpc) is 2.43. The Balaban J connectivity index is 2.02. The van der Waals surface area contributed by atoms with E-state index in [9.17, 15) is 9.59 Å². The minimum Gasteiger partial charge on any atom is -0.351 e. The average molecular weight is 329 g/mol. The number of aryl methyl sites for hydroxylation is 1. The summed E-state index contributed by atoms with van der Waals surface area (Å²) in [5.74, 6) is -0.0516. The highest BCUT2D eigenvalue weighted by atomic mass is 16.2. The van der Waals surface area contributed by atoms with Gasteiger partial charge in [-0.3, -0.25) is 14.2 Å². The fourth-order valence-corrected chi connectivity index (χ4v) is 3.30. The molecule has 0 aliphatic rings. The molecular weight excluding hydrogens is 302 g/mol. The molecule has 0 spiro atoms. The normalized spacial score (nSPS) is 12.4. The van der Waals surface area contributed by atoms with E-state index in [0.29, 0.717) is 17.4 Å². The number of amides is 1. The molecule has 0 atom stereocenters. The van der Waals surface area contributed by atoms with E-state index in [1.807, 2.05) is 32.0 Å². The van der Waals surface area contributed by atoms with Crippen molar-refractivity contribution in [2.45, 2.75) is 59.5 Å². The van der Waals surface area contributed by atoms with Crippen molar-refractivity contribution in [1.29, 1.82) is 0 Å². The van der Waals surface area contributed by atoms with Gasteiger partial charge in [0.2, 0.25) is 5.91 Å². The SMILES string of the molecule is CC(C)(C)CC(C)(C)NC(=O)CCn1cnc2ccccc2c1=O. The molecule has 1 aromatic carbocycles. The van der Waals surface area contributed by atoms with Crippen molar-refractivity contribution in [1.82, 2.24) is 14.9 Å². The smallest absolute Gasteiger partial charge is 0.261 e. The highest BCUT2D eigenvalue weighted by Crippen LogP contribution is 2.26. The van der Waals surface area contributed by atoms with Gasteiger partial charge in [-0.05, 0) is 37.8 Å². The van der Waals surface area contributed by atoms with Gasteiger partial charge in [-0.1, -0.05) is 32.9 Å². The molecular formula is C19H27N3O2. The van der Waals surface area contributed by atoms with Crippen LogP contribution in [0.4, 0.5) is 0 Å². The summed E-state index contributed by atoms with van der Waals surface area (Å²) in [7, 11) is 0. The Morgan fingerprint density at radius 3 is 2.50 bits per heavy atom. The fraction of sp³-hybridized carbons (Fsp3) is 0.526. The summed E-state index contributed by atoms with van der Waals surface area (Å²) in [4.78, 5) is 28.9. The van der Waals surface area contributed by atoms with E-state index in [4.69, 9.17) is 0 Å². The lowest BCUT2D eigenvalue weighted by atomic mass is 9.82. The lowest BCUT2D eigenvalue weighted by Crippen LogP contribution is -2.46. The molecule has 2 aromatic rings. The molecule has 5 nitrogen and oxygen atoms in total. The van der Waals surface area contributed by atoms with Gasteiger partial charge in [0.1, 0.15) is 0 Å². The maximum absolute atomic E-state index is 12.4. The van der Waals surface area contributed by atoms with Gasteiger partial charge in [-0.2, -0.15) is 0 Å². The van der Waals surface area contributed by atoms with Crippen molar-refractivity contribution in [3.63, 3.8) is 0 Å². The largest absolute Gasteiger partial charge is 0.351 e. The van der Waals surface area contributed by atoms with E-state index < -0.39 is 0 Å². The molecule has 130 valence electrons. The lowest BCUT2D eigenvalue weighted by Gasteiger charge is -2.33. The van der Waals surface area contributed by atoms with Crippen molar-refractivity contribution >= 4 is 16.8 Å². The molecule has 0 bridgehead atoms. The third-order valence-corrected chi connectivity index (χ3v) is 3.76. The van der Waals surface area contributed by atoms with Gasteiger partial charge in [-0.15, -0.1) is 0 Å². The van der Waals surface area contributed by atoms with Crippen LogP contribution in [0.2, 0.25) is 0 Å². The van der Waals surface area contributed by atoms with Gasteiger partial charge >= 0.3 is 0 Å². The molecule has 0 radical (unpaired) electrons. The van der Waals surface area contributed by atoms with Gasteiger partial charge in [0, 0.05) is 18.5 Å². The van der Waals surface area contributed by atoms with Crippen molar-refractivity contribution in [2.24, 2.45) is 5.41 Å². The molecule has 0 saturated heterocycles. The second-order valence-corrected chi connectivity index (χ2v) is 8.18. The summed E-state index contributed by atoms with van der Waals surface area (Å²) in [5, 5.41) is 3.64. The van der Waals surface area contributed by atoms with E-state index in [-0.39, 0.29) is 28.8 Å². The molecule has 24 heavy (non-hydrogen) atoms. The minimum absolute atomic E-state index is 0.0516. The summed E-state index contributed by atoms with van der Waals surface area (Å²) in [6, 6.07) is 7.23. The number of carbonyl (C=O) groups excluding carboxylic acids is 1. The number of aromatic nitrogens is 2. The van der Waals surface area contributed by atoms with Gasteiger partial charge in [0.25, 0.3) is 5.56 Å². The third-order valence-electron chi connectivity index (χ3n) is 3.76. The van der Waals surface area contributed by atoms with Gasteiger partial charge in [0.05, 0.1) is 17.2 Å². The molecule has 1 amide bonds. The number of nitrogens with one attached hydrogen (secondary N) is 1. The first-order chi connectivity index (χ1) is 11.1. The molecule has 0 unspecified atom stereocenters. The van der Waals surface area contributed by atoms with Gasteiger partial charge in [-0.25, -0.2) is 4.98 Å². The first-order valence-electron chi connectivity index (χ1n) is 8.33. The van der Waals surface area contributed by atoms with E-state index in [1.165, 1.54) is 10.9 Å². The Labute approximate surface area is 143 Å². The highest BCUT2D eigenvalue weighted by Gasteiger charge is 2.26. The third kappa shape index (κ3) is 4.91. The zero-order chi connectivity index (χ0) is 18.0. The number of benzene rings is 1. The number of hydrogen-bond acceptors (Lipinski definition) is 3. The van der Waals surface area contributed by atoms with Gasteiger partial charge < -0.3 is 5.32 Å². The van der Waals surface area contributed by atoms with E-state index in [0.717, 1.165) is 6.42 Å². The number of para-hydroxylation sites is 1. The quantitative estimate of drug-likeness (QED) is 0.916. The second-order valence-electron chi connectivity index (χ2n) is 8.18. The topological polar surface area (TPSA) is 64.0 Å². The maximum Gasteiger partial charge on any atom is 0.261 e. The number of rotatable bonds is 5. The Bertz CT molecular complexity index is 785. The van der Waals surface area contributed by atoms with Crippen LogP contribution in [0.5, 0.6) is 0 Å². The summed E-state index contributed by atoms with van der Waals surface area (Å²) < 4.78 is 1.50. The second kappa shape index (κ2) is 6.75. The predicted molar refractivity (Wildman–Crippen MR) is 96.9 cm³/mol. The molecule has 2 rings (SSSR count). The Morgan fingerprint density at radius 2 is 1.83 bits per heavy atom. The summed E-state index contributed by atoms with van der Waals surface area (Å²) in [5.41, 5.74) is 0.426. The monoisotopic (exact) mass is 329 g/mol. The van der Waals surface area contributed by atoms with Crippen LogP contribution in [0.15, 0.2) is 35.4 Å². The molecule has 5 heteroatoms. The number of carbonyl (C=O) groups is 1. The summed E-state index contributed by atoms with van der Waals surface area (Å²) in [6.07, 6.45) is 2.65. The predicted octanol–water partition coefficient (Wildman–Crippen LogP) is 3.12. The molecule has 0 aliphatic carbocycles. The van der Waals surface area contributed by atoms with Crippen LogP contribution in [0, 0.1) is 5.41 Å². The van der Waals surface area contributed by atoms with Crippen molar-refractivity contribution < 1.29 is 4.79 Å². The van der Waals surface area contributed by atoms with Crippen LogP contribution in [0.1, 0.15) is 47.5 Å². The summed E-state index contributed by atoms with van der Waals surface area (Å²) in [6.45, 7) is 10.8. The molecule has 0 aliphatic heterocycles. The van der Waals surface area contributed by atoms with Crippen LogP contribution in [0.25, 0.3) is 10.9 Å². The first-order valence-corrected chi connectivity index (χ1v) is 8.33. The molecule has 0 saturated carbocycles. The highest BCUT2D eigenvalue weighted by molar-refractivity contribution is 5.77. The van der Waals surface area contributed by atoms with Crippen molar-refractivity contribution in [3.8, 4) is 0 Å². The zero-order valence-electron chi connectivity index (χ0n) is 15.2. The van der Waals surface area contributed by atoms with E-state index >= 15 is 0 Å². The van der Waals surface area contributed by atoms with E-state index in [1.54, 1.807) is 6.07 Å². The Hall–Kier alpha value is -2.17. The lowest BCUT2D eigenvalue weighted by molar-refractivity contribution is -0.123. The molecule has 1 heterocycles. The van der Waals surface area contributed by atoms with Crippen LogP contribution in [0.3, 0.4) is 0 Å². The first kappa shape index (κ1) is 18.2. The van der Waals surface area contributed by atoms with Gasteiger partial charge in [0.15, 0.2) is 0 Å². The standard InChI is InChI=1S/C19H27N3O2/c1-18(2,3)12-19(4,5)21-16(23)10-11-22-13-20-15-9-7-6-8-14(15)17(22)24/h6-9,13H,10-12H2,1-5H3,(H,21,23). The molecule has 1 N–H and O–H groups in total. The number of hydrogen-bond donors (Lipinski definition) is 1. The molecule has 0 fully saturated rings.